The largest absolute Gasteiger partial charge is 0.466 e. The lowest BCUT2D eigenvalue weighted by Crippen LogP contribution is -2.29. The highest BCUT2D eigenvalue weighted by Gasteiger charge is 2.29. The van der Waals surface area contributed by atoms with E-state index in [0.717, 1.165) is 0 Å². The molecule has 0 amide bonds. The lowest BCUT2D eigenvalue weighted by Gasteiger charge is -2.19. The van der Waals surface area contributed by atoms with Gasteiger partial charge in [0.15, 0.2) is 0 Å². The Balaban J connectivity index is 2.45. The maximum Gasteiger partial charge on any atom is 0.308 e. The van der Waals surface area contributed by atoms with Gasteiger partial charge in [-0.1, -0.05) is 0 Å². The summed E-state index contributed by atoms with van der Waals surface area (Å²) in [5.41, 5.74) is 0. The lowest BCUT2D eigenvalue weighted by atomic mass is 10.0. The molecule has 0 saturated carbocycles. The van der Waals surface area contributed by atoms with Gasteiger partial charge < -0.3 is 4.74 Å². The number of carbonyl (C=O) groups is 1. The molecule has 0 unspecified atom stereocenters. The number of carbonyl (C=O) groups excluding carboxylic acids is 1. The van der Waals surface area contributed by atoms with E-state index in [4.69, 9.17) is 4.74 Å². The average molecular weight is 206 g/mol. The standard InChI is InChI=1S/C8H14O4S/c1-2-12-8(9)7-3-5-13(10,11)6-4-7/h7H,2-6H2,1H3. The minimum atomic E-state index is -2.87. The number of hydrogen-bond donors (Lipinski definition) is 0. The third kappa shape index (κ3) is 2.99. The molecule has 1 saturated heterocycles. The normalized spacial score (nSPS) is 22.5. The quantitative estimate of drug-likeness (QED) is 0.613. The predicted molar refractivity (Wildman–Crippen MR) is 48.0 cm³/mol. The molecule has 0 bridgehead atoms. The molecule has 13 heavy (non-hydrogen) atoms. The summed E-state index contributed by atoms with van der Waals surface area (Å²) in [6.45, 7) is 2.11. The van der Waals surface area contributed by atoms with Gasteiger partial charge in [0.2, 0.25) is 0 Å². The number of rotatable bonds is 2. The first kappa shape index (κ1) is 10.5. The van der Waals surface area contributed by atoms with Crippen LogP contribution in [0.15, 0.2) is 0 Å². The van der Waals surface area contributed by atoms with Gasteiger partial charge in [-0.25, -0.2) is 8.42 Å². The Hall–Kier alpha value is -0.580. The van der Waals surface area contributed by atoms with Crippen molar-refractivity contribution in [2.24, 2.45) is 5.92 Å². The molecule has 1 rings (SSSR count). The SMILES string of the molecule is CCOC(=O)C1CCS(=O)(=O)CC1. The Morgan fingerprint density at radius 1 is 1.38 bits per heavy atom. The zero-order valence-electron chi connectivity index (χ0n) is 7.65. The van der Waals surface area contributed by atoms with Crippen molar-refractivity contribution >= 4 is 15.8 Å². The van der Waals surface area contributed by atoms with Crippen molar-refractivity contribution < 1.29 is 17.9 Å². The van der Waals surface area contributed by atoms with Crippen molar-refractivity contribution in [1.82, 2.24) is 0 Å². The molecular formula is C8H14O4S. The maximum atomic E-state index is 11.2. The van der Waals surface area contributed by atoms with E-state index in [0.29, 0.717) is 19.4 Å². The van der Waals surface area contributed by atoms with Crippen LogP contribution in [0.5, 0.6) is 0 Å². The molecule has 0 spiro atoms. The van der Waals surface area contributed by atoms with Gasteiger partial charge in [0.1, 0.15) is 9.84 Å². The van der Waals surface area contributed by atoms with E-state index in [-0.39, 0.29) is 23.4 Å². The Labute approximate surface area is 78.2 Å². The van der Waals surface area contributed by atoms with E-state index in [9.17, 15) is 13.2 Å². The van der Waals surface area contributed by atoms with Crippen LogP contribution in [0.3, 0.4) is 0 Å². The maximum absolute atomic E-state index is 11.2. The molecule has 1 fully saturated rings. The Morgan fingerprint density at radius 2 is 1.92 bits per heavy atom. The van der Waals surface area contributed by atoms with Gasteiger partial charge in [0, 0.05) is 0 Å². The van der Waals surface area contributed by atoms with E-state index >= 15 is 0 Å². The molecular weight excluding hydrogens is 192 g/mol. The number of ether oxygens (including phenoxy) is 1. The third-order valence-electron chi connectivity index (χ3n) is 2.17. The van der Waals surface area contributed by atoms with Crippen LogP contribution in [0.2, 0.25) is 0 Å². The number of hydrogen-bond acceptors (Lipinski definition) is 4. The van der Waals surface area contributed by atoms with Gasteiger partial charge in [-0.15, -0.1) is 0 Å². The van der Waals surface area contributed by atoms with Gasteiger partial charge in [-0.2, -0.15) is 0 Å². The Kier molecular flexibility index (Phi) is 3.30. The van der Waals surface area contributed by atoms with Gasteiger partial charge >= 0.3 is 5.97 Å². The zero-order chi connectivity index (χ0) is 9.90. The smallest absolute Gasteiger partial charge is 0.308 e. The van der Waals surface area contributed by atoms with E-state index in [1.54, 1.807) is 6.92 Å². The van der Waals surface area contributed by atoms with Crippen molar-refractivity contribution in [3.63, 3.8) is 0 Å². The van der Waals surface area contributed by atoms with Crippen molar-refractivity contribution in [1.29, 1.82) is 0 Å². The first-order valence-electron chi connectivity index (χ1n) is 4.42. The van der Waals surface area contributed by atoms with Crippen LogP contribution in [-0.2, 0) is 19.4 Å². The fourth-order valence-corrected chi connectivity index (χ4v) is 2.88. The Morgan fingerprint density at radius 3 is 2.38 bits per heavy atom. The molecule has 1 aliphatic rings. The molecule has 5 heteroatoms. The zero-order valence-corrected chi connectivity index (χ0v) is 8.47. The predicted octanol–water partition coefficient (Wildman–Crippen LogP) is 0.374. The van der Waals surface area contributed by atoms with Crippen LogP contribution >= 0.6 is 0 Å². The minimum absolute atomic E-state index is 0.122. The fourth-order valence-electron chi connectivity index (χ4n) is 1.39. The van der Waals surface area contributed by atoms with E-state index in [1.165, 1.54) is 0 Å². The lowest BCUT2D eigenvalue weighted by molar-refractivity contribution is -0.148. The summed E-state index contributed by atoms with van der Waals surface area (Å²) in [4.78, 5) is 11.2. The van der Waals surface area contributed by atoms with Crippen LogP contribution in [-0.4, -0.2) is 32.5 Å². The summed E-state index contributed by atoms with van der Waals surface area (Å²) in [5, 5.41) is 0. The number of sulfone groups is 1. The molecule has 0 N–H and O–H groups in total. The molecule has 4 nitrogen and oxygen atoms in total. The molecule has 1 heterocycles. The second kappa shape index (κ2) is 4.09. The second-order valence-electron chi connectivity index (χ2n) is 3.18. The summed E-state index contributed by atoms with van der Waals surface area (Å²) in [6, 6.07) is 0. The molecule has 0 radical (unpaired) electrons. The summed E-state index contributed by atoms with van der Waals surface area (Å²) >= 11 is 0. The molecule has 1 aliphatic heterocycles. The van der Waals surface area contributed by atoms with Crippen LogP contribution in [0.25, 0.3) is 0 Å². The number of esters is 1. The van der Waals surface area contributed by atoms with Crippen LogP contribution in [0.1, 0.15) is 19.8 Å². The van der Waals surface area contributed by atoms with Gasteiger partial charge in [0.25, 0.3) is 0 Å². The molecule has 0 aliphatic carbocycles. The molecule has 0 aromatic rings. The molecule has 0 aromatic heterocycles. The van der Waals surface area contributed by atoms with Crippen molar-refractivity contribution in [2.75, 3.05) is 18.1 Å². The minimum Gasteiger partial charge on any atom is -0.466 e. The third-order valence-corrected chi connectivity index (χ3v) is 3.89. The first-order valence-corrected chi connectivity index (χ1v) is 6.24. The van der Waals surface area contributed by atoms with Crippen molar-refractivity contribution in [3.8, 4) is 0 Å². The van der Waals surface area contributed by atoms with Gasteiger partial charge in [0.05, 0.1) is 24.0 Å². The van der Waals surface area contributed by atoms with Crippen molar-refractivity contribution in [3.05, 3.63) is 0 Å². The van der Waals surface area contributed by atoms with E-state index in [1.807, 2.05) is 0 Å². The van der Waals surface area contributed by atoms with Crippen molar-refractivity contribution in [2.45, 2.75) is 19.8 Å². The van der Waals surface area contributed by atoms with Crippen LogP contribution < -0.4 is 0 Å². The first-order chi connectivity index (χ1) is 6.05. The monoisotopic (exact) mass is 206 g/mol. The van der Waals surface area contributed by atoms with E-state index < -0.39 is 9.84 Å². The fraction of sp³-hybridized carbons (Fsp3) is 0.875. The highest BCUT2D eigenvalue weighted by Crippen LogP contribution is 2.19. The van der Waals surface area contributed by atoms with Crippen LogP contribution in [0, 0.1) is 5.92 Å². The van der Waals surface area contributed by atoms with Gasteiger partial charge in [-0.05, 0) is 19.8 Å². The van der Waals surface area contributed by atoms with Crippen LogP contribution in [0.4, 0.5) is 0 Å². The Bertz CT molecular complexity index is 267. The summed E-state index contributed by atoms with van der Waals surface area (Å²) in [7, 11) is -2.87. The summed E-state index contributed by atoms with van der Waals surface area (Å²) in [6.07, 6.45) is 0.836. The van der Waals surface area contributed by atoms with E-state index in [2.05, 4.69) is 0 Å². The van der Waals surface area contributed by atoms with Gasteiger partial charge in [-0.3, -0.25) is 4.79 Å². The molecule has 0 aromatic carbocycles. The highest BCUT2D eigenvalue weighted by molar-refractivity contribution is 7.91. The average Bonchev–Trinajstić information content (AvgIpc) is 2.04. The topological polar surface area (TPSA) is 60.4 Å². The summed E-state index contributed by atoms with van der Waals surface area (Å²) < 4.78 is 26.9. The molecule has 0 atom stereocenters. The molecule has 76 valence electrons. The highest BCUT2D eigenvalue weighted by atomic mass is 32.2. The second-order valence-corrected chi connectivity index (χ2v) is 5.48. The summed E-state index contributed by atoms with van der Waals surface area (Å²) in [5.74, 6) is -0.215.